The fourth-order valence-electron chi connectivity index (χ4n) is 3.37. The third-order valence-corrected chi connectivity index (χ3v) is 6.51. The number of benzene rings is 2. The number of hydrogen-bond acceptors (Lipinski definition) is 4. The minimum Gasteiger partial charge on any atom is -0.380 e. The highest BCUT2D eigenvalue weighted by molar-refractivity contribution is 7.19. The molecular weight excluding hydrogens is 402 g/mol. The van der Waals surface area contributed by atoms with Crippen LogP contribution in [0.5, 0.6) is 0 Å². The summed E-state index contributed by atoms with van der Waals surface area (Å²) >= 11 is 7.63. The van der Waals surface area contributed by atoms with Gasteiger partial charge in [-0.15, -0.1) is 11.3 Å². The molecule has 0 radical (unpaired) electrons. The van der Waals surface area contributed by atoms with Gasteiger partial charge in [0.15, 0.2) is 0 Å². The van der Waals surface area contributed by atoms with E-state index >= 15 is 0 Å². The smallest absolute Gasteiger partial charge is 0.252 e. The minimum atomic E-state index is -0.107. The van der Waals surface area contributed by atoms with Gasteiger partial charge in [-0.3, -0.25) is 4.79 Å². The average molecular weight is 426 g/mol. The Bertz CT molecular complexity index is 1030. The van der Waals surface area contributed by atoms with E-state index in [-0.39, 0.29) is 11.9 Å². The van der Waals surface area contributed by atoms with Gasteiger partial charge in [0.25, 0.3) is 5.91 Å². The number of carbonyl (C=O) groups excluding carboxylic acids is 1. The predicted molar refractivity (Wildman–Crippen MR) is 122 cm³/mol. The minimum absolute atomic E-state index is 0.0602. The third kappa shape index (κ3) is 4.64. The van der Waals surface area contributed by atoms with Crippen LogP contribution >= 0.6 is 22.9 Å². The van der Waals surface area contributed by atoms with Crippen molar-refractivity contribution in [2.45, 2.75) is 25.9 Å². The van der Waals surface area contributed by atoms with Crippen molar-refractivity contribution in [1.82, 2.24) is 10.6 Å². The number of rotatable bonds is 6. The van der Waals surface area contributed by atoms with Crippen molar-refractivity contribution in [3.05, 3.63) is 75.6 Å². The Hall–Kier alpha value is -2.34. The maximum absolute atomic E-state index is 13.0. The summed E-state index contributed by atoms with van der Waals surface area (Å²) in [5.41, 5.74) is 4.82. The summed E-state index contributed by atoms with van der Waals surface area (Å²) in [6, 6.07) is 18.5. The molecule has 1 aliphatic rings. The molecule has 2 aromatic carbocycles. The molecule has 1 aromatic heterocycles. The molecule has 0 spiro atoms. The molecule has 29 heavy (non-hydrogen) atoms. The summed E-state index contributed by atoms with van der Waals surface area (Å²) in [4.78, 5) is 14.1. The van der Waals surface area contributed by atoms with Gasteiger partial charge in [0.2, 0.25) is 0 Å². The van der Waals surface area contributed by atoms with Crippen LogP contribution in [0.1, 0.15) is 34.5 Å². The molecule has 1 unspecified atom stereocenters. The van der Waals surface area contributed by atoms with Crippen LogP contribution in [0.3, 0.4) is 0 Å². The summed E-state index contributed by atoms with van der Waals surface area (Å²) in [7, 11) is 0. The van der Waals surface area contributed by atoms with Crippen LogP contribution in [-0.2, 0) is 0 Å². The Morgan fingerprint density at radius 2 is 2.00 bits per heavy atom. The zero-order valence-corrected chi connectivity index (χ0v) is 18.0. The summed E-state index contributed by atoms with van der Waals surface area (Å²) in [5, 5.41) is 9.85. The zero-order valence-electron chi connectivity index (χ0n) is 16.5. The number of amides is 1. The Labute approximate surface area is 180 Å². The van der Waals surface area contributed by atoms with E-state index in [1.165, 1.54) is 0 Å². The lowest BCUT2D eigenvalue weighted by Gasteiger charge is -2.29. The maximum Gasteiger partial charge on any atom is 0.252 e. The van der Waals surface area contributed by atoms with Crippen LogP contribution in [-0.4, -0.2) is 25.0 Å². The summed E-state index contributed by atoms with van der Waals surface area (Å²) < 4.78 is 0.772. The Morgan fingerprint density at radius 1 is 1.17 bits per heavy atom. The maximum atomic E-state index is 13.0. The highest BCUT2D eigenvalue weighted by Crippen LogP contribution is 2.32. The summed E-state index contributed by atoms with van der Waals surface area (Å²) in [5.74, 6) is -0.0602. The first-order valence-electron chi connectivity index (χ1n) is 9.74. The van der Waals surface area contributed by atoms with E-state index in [9.17, 15) is 4.79 Å². The molecule has 1 amide bonds. The molecule has 2 heterocycles. The fraction of sp³-hybridized carbons (Fsp3) is 0.261. The molecule has 150 valence electrons. The molecule has 0 aliphatic carbocycles. The van der Waals surface area contributed by atoms with Gasteiger partial charge in [-0.25, -0.2) is 0 Å². The molecule has 1 fully saturated rings. The van der Waals surface area contributed by atoms with Crippen molar-refractivity contribution in [2.24, 2.45) is 0 Å². The first kappa shape index (κ1) is 20.0. The zero-order chi connectivity index (χ0) is 20.4. The van der Waals surface area contributed by atoms with Crippen molar-refractivity contribution in [3.63, 3.8) is 0 Å². The monoisotopic (exact) mass is 425 g/mol. The molecular formula is C23H24ClN3OS. The van der Waals surface area contributed by atoms with Crippen LogP contribution in [0, 0.1) is 6.92 Å². The van der Waals surface area contributed by atoms with E-state index in [0.717, 1.165) is 44.7 Å². The van der Waals surface area contributed by atoms with Gasteiger partial charge in [0.1, 0.15) is 0 Å². The Kier molecular flexibility index (Phi) is 5.90. The molecule has 3 N–H and O–H groups in total. The topological polar surface area (TPSA) is 53.2 Å². The molecule has 1 aliphatic heterocycles. The second-order valence-corrected chi connectivity index (χ2v) is 9.17. The van der Waals surface area contributed by atoms with Crippen LogP contribution in [0.2, 0.25) is 4.34 Å². The van der Waals surface area contributed by atoms with Crippen LogP contribution in [0.15, 0.2) is 54.6 Å². The highest BCUT2D eigenvalue weighted by Gasteiger charge is 2.18. The first-order valence-corrected chi connectivity index (χ1v) is 10.9. The molecule has 1 saturated heterocycles. The standard InChI is InChI=1S/C23H24ClN3OS/c1-14-6-7-18(27-19-12-25-13-19)11-20(14)23(28)26-15(2)16-4-3-5-17(10-16)21-8-9-22(24)29-21/h3-11,15,19,25,27H,12-13H2,1-2H3,(H,26,28). The van der Waals surface area contributed by atoms with E-state index in [1.807, 2.05) is 56.3 Å². The average Bonchev–Trinajstić information content (AvgIpc) is 3.12. The van der Waals surface area contributed by atoms with E-state index in [1.54, 1.807) is 11.3 Å². The van der Waals surface area contributed by atoms with Crippen molar-refractivity contribution < 1.29 is 4.79 Å². The normalized spacial score (nSPS) is 14.9. The van der Waals surface area contributed by atoms with Crippen LogP contribution in [0.25, 0.3) is 10.4 Å². The van der Waals surface area contributed by atoms with Crippen molar-refractivity contribution >= 4 is 34.5 Å². The largest absolute Gasteiger partial charge is 0.380 e. The lowest BCUT2D eigenvalue weighted by molar-refractivity contribution is 0.0939. The van der Waals surface area contributed by atoms with Crippen molar-refractivity contribution in [1.29, 1.82) is 0 Å². The first-order chi connectivity index (χ1) is 14.0. The molecule has 6 heteroatoms. The van der Waals surface area contributed by atoms with E-state index in [0.29, 0.717) is 11.6 Å². The van der Waals surface area contributed by atoms with Gasteiger partial charge < -0.3 is 16.0 Å². The number of aryl methyl sites for hydroxylation is 1. The van der Waals surface area contributed by atoms with E-state index in [4.69, 9.17) is 11.6 Å². The lowest BCUT2D eigenvalue weighted by atomic mass is 10.0. The number of anilines is 1. The highest BCUT2D eigenvalue weighted by atomic mass is 35.5. The Morgan fingerprint density at radius 3 is 2.69 bits per heavy atom. The van der Waals surface area contributed by atoms with E-state index < -0.39 is 0 Å². The van der Waals surface area contributed by atoms with E-state index in [2.05, 4.69) is 28.1 Å². The van der Waals surface area contributed by atoms with Gasteiger partial charge in [-0.1, -0.05) is 35.9 Å². The van der Waals surface area contributed by atoms with Gasteiger partial charge >= 0.3 is 0 Å². The van der Waals surface area contributed by atoms with Gasteiger partial charge in [-0.05, 0) is 60.9 Å². The van der Waals surface area contributed by atoms with Crippen molar-refractivity contribution in [3.8, 4) is 10.4 Å². The molecule has 4 rings (SSSR count). The van der Waals surface area contributed by atoms with Crippen LogP contribution < -0.4 is 16.0 Å². The molecule has 1 atom stereocenters. The van der Waals surface area contributed by atoms with Crippen LogP contribution in [0.4, 0.5) is 5.69 Å². The number of hydrogen-bond donors (Lipinski definition) is 3. The molecule has 0 saturated carbocycles. The number of thiophene rings is 1. The van der Waals surface area contributed by atoms with Crippen molar-refractivity contribution in [2.75, 3.05) is 18.4 Å². The number of carbonyl (C=O) groups is 1. The number of halogens is 1. The molecule has 3 aromatic rings. The lowest BCUT2D eigenvalue weighted by Crippen LogP contribution is -2.51. The molecule has 0 bridgehead atoms. The van der Waals surface area contributed by atoms with Gasteiger partial charge in [0, 0.05) is 29.2 Å². The summed E-state index contributed by atoms with van der Waals surface area (Å²) in [6.45, 7) is 5.89. The predicted octanol–water partition coefficient (Wildman–Crippen LogP) is 5.25. The van der Waals surface area contributed by atoms with Gasteiger partial charge in [0.05, 0.1) is 16.4 Å². The summed E-state index contributed by atoms with van der Waals surface area (Å²) in [6.07, 6.45) is 0. The van der Waals surface area contributed by atoms with Gasteiger partial charge in [-0.2, -0.15) is 0 Å². The quantitative estimate of drug-likeness (QED) is 0.505. The second-order valence-electron chi connectivity index (χ2n) is 7.45. The Balaban J connectivity index is 1.49. The molecule has 4 nitrogen and oxygen atoms in total. The second kappa shape index (κ2) is 8.57. The fourth-order valence-corrected chi connectivity index (χ4v) is 4.41. The third-order valence-electron chi connectivity index (χ3n) is 5.23. The SMILES string of the molecule is Cc1ccc(NC2CNC2)cc1C(=O)NC(C)c1cccc(-c2ccc(Cl)s2)c1. The number of nitrogens with one attached hydrogen (secondary N) is 3.